The van der Waals surface area contributed by atoms with Crippen LogP contribution in [-0.4, -0.2) is 48.2 Å². The van der Waals surface area contributed by atoms with E-state index in [4.69, 9.17) is 9.73 Å². The van der Waals surface area contributed by atoms with Crippen molar-refractivity contribution >= 4 is 28.0 Å². The van der Waals surface area contributed by atoms with Gasteiger partial charge in [0.2, 0.25) is 0 Å². The van der Waals surface area contributed by atoms with Crippen LogP contribution in [0, 0.1) is 5.92 Å². The van der Waals surface area contributed by atoms with E-state index in [1.54, 1.807) is 0 Å². The van der Waals surface area contributed by atoms with E-state index in [9.17, 15) is 4.79 Å². The first kappa shape index (κ1) is 16.4. The lowest BCUT2D eigenvalue weighted by Gasteiger charge is -2.37. The number of Topliss-reactive ketones (excluding diaryl/α,β-unsaturated/α-hetero) is 1. The molecule has 0 saturated carbocycles. The van der Waals surface area contributed by atoms with Crippen molar-refractivity contribution in [3.8, 4) is 0 Å². The molecule has 4 rings (SSSR count). The van der Waals surface area contributed by atoms with Crippen molar-refractivity contribution in [3.05, 3.63) is 42.0 Å². The number of benzene rings is 2. The molecule has 1 fully saturated rings. The number of ether oxygens (including phenoxy) is 1. The summed E-state index contributed by atoms with van der Waals surface area (Å²) >= 11 is 0. The highest BCUT2D eigenvalue weighted by Gasteiger charge is 2.33. The highest BCUT2D eigenvalue weighted by molar-refractivity contribution is 6.21. The first-order valence-electron chi connectivity index (χ1n) is 9.02. The van der Waals surface area contributed by atoms with Crippen molar-refractivity contribution in [1.29, 1.82) is 0 Å². The van der Waals surface area contributed by atoms with E-state index in [0.29, 0.717) is 0 Å². The predicted octanol–water partition coefficient (Wildman–Crippen LogP) is 3.85. The van der Waals surface area contributed by atoms with Gasteiger partial charge >= 0.3 is 0 Å². The quantitative estimate of drug-likeness (QED) is 0.836. The maximum absolute atomic E-state index is 13.2. The lowest BCUT2D eigenvalue weighted by atomic mass is 9.87. The predicted molar refractivity (Wildman–Crippen MR) is 101 cm³/mol. The minimum absolute atomic E-state index is 0.161. The number of hydrogen-bond acceptors (Lipinski definition) is 4. The Labute approximate surface area is 148 Å². The van der Waals surface area contributed by atoms with Gasteiger partial charge in [-0.3, -0.25) is 14.7 Å². The average Bonchev–Trinajstić information content (AvgIpc) is 2.57. The summed E-state index contributed by atoms with van der Waals surface area (Å²) in [6.45, 7) is 8.62. The summed E-state index contributed by atoms with van der Waals surface area (Å²) in [5.41, 5.74) is 2.50. The summed E-state index contributed by atoms with van der Waals surface area (Å²) in [6, 6.07) is 12.1. The molecule has 0 bridgehead atoms. The Morgan fingerprint density at radius 2 is 1.84 bits per heavy atom. The topological polar surface area (TPSA) is 41.9 Å². The van der Waals surface area contributed by atoms with Crippen molar-refractivity contribution in [3.63, 3.8) is 0 Å². The third-order valence-electron chi connectivity index (χ3n) is 5.21. The summed E-state index contributed by atoms with van der Waals surface area (Å²) in [7, 11) is 0. The molecule has 4 heteroatoms. The molecule has 2 aliphatic heterocycles. The summed E-state index contributed by atoms with van der Waals surface area (Å²) in [4.78, 5) is 20.4. The van der Waals surface area contributed by atoms with Crippen LogP contribution in [0.25, 0.3) is 10.8 Å². The second-order valence-electron chi connectivity index (χ2n) is 7.33. The van der Waals surface area contributed by atoms with Crippen LogP contribution in [0.3, 0.4) is 0 Å². The fourth-order valence-electron chi connectivity index (χ4n) is 4.11. The maximum atomic E-state index is 13.2. The maximum Gasteiger partial charge on any atom is 0.175 e. The Balaban J connectivity index is 1.66. The lowest BCUT2D eigenvalue weighted by molar-refractivity contribution is -0.0690. The van der Waals surface area contributed by atoms with Gasteiger partial charge in [-0.1, -0.05) is 30.3 Å². The largest absolute Gasteiger partial charge is 0.373 e. The van der Waals surface area contributed by atoms with Gasteiger partial charge in [-0.2, -0.15) is 0 Å². The monoisotopic (exact) mass is 336 g/mol. The number of aliphatic imine (C=N–C) groups is 1. The van der Waals surface area contributed by atoms with Gasteiger partial charge in [-0.25, -0.2) is 0 Å². The van der Waals surface area contributed by atoms with Gasteiger partial charge in [0.05, 0.1) is 23.8 Å². The number of carbonyl (C=O) groups is 1. The normalized spacial score (nSPS) is 27.2. The Kier molecular flexibility index (Phi) is 4.18. The molecule has 4 nitrogen and oxygen atoms in total. The van der Waals surface area contributed by atoms with Gasteiger partial charge in [-0.15, -0.1) is 0 Å². The number of hydrogen-bond donors (Lipinski definition) is 0. The number of ketones is 1. The molecular formula is C21H24N2O2. The molecule has 130 valence electrons. The zero-order valence-electron chi connectivity index (χ0n) is 15.0. The Morgan fingerprint density at radius 1 is 1.12 bits per heavy atom. The van der Waals surface area contributed by atoms with Gasteiger partial charge in [-0.05, 0) is 32.2 Å². The molecule has 1 saturated heterocycles. The highest BCUT2D eigenvalue weighted by Crippen LogP contribution is 2.36. The van der Waals surface area contributed by atoms with E-state index in [-0.39, 0.29) is 23.9 Å². The van der Waals surface area contributed by atoms with E-state index >= 15 is 0 Å². The van der Waals surface area contributed by atoms with Crippen molar-refractivity contribution in [2.45, 2.75) is 33.0 Å². The first-order chi connectivity index (χ1) is 12.0. The van der Waals surface area contributed by atoms with Crippen LogP contribution in [0.4, 0.5) is 5.69 Å². The van der Waals surface area contributed by atoms with Gasteiger partial charge in [0.1, 0.15) is 0 Å². The molecule has 0 aromatic heterocycles. The van der Waals surface area contributed by atoms with Gasteiger partial charge in [0, 0.05) is 36.3 Å². The number of morpholine rings is 1. The Hall–Kier alpha value is -2.04. The average molecular weight is 336 g/mol. The lowest BCUT2D eigenvalue weighted by Crippen LogP contribution is -2.49. The van der Waals surface area contributed by atoms with Crippen LogP contribution in [0.2, 0.25) is 0 Å². The number of carbonyl (C=O) groups excluding carboxylic acids is 1. The van der Waals surface area contributed by atoms with Gasteiger partial charge < -0.3 is 4.74 Å². The minimum atomic E-state index is -0.161. The van der Waals surface area contributed by atoms with Crippen LogP contribution in [0.1, 0.15) is 31.1 Å². The van der Waals surface area contributed by atoms with Crippen LogP contribution in [0.5, 0.6) is 0 Å². The van der Waals surface area contributed by atoms with E-state index in [1.807, 2.05) is 37.3 Å². The van der Waals surface area contributed by atoms with E-state index in [2.05, 4.69) is 24.8 Å². The molecule has 0 radical (unpaired) electrons. The van der Waals surface area contributed by atoms with Crippen molar-refractivity contribution in [1.82, 2.24) is 4.90 Å². The molecule has 2 heterocycles. The molecular weight excluding hydrogens is 312 g/mol. The molecule has 0 amide bonds. The molecule has 0 spiro atoms. The Morgan fingerprint density at radius 3 is 2.60 bits per heavy atom. The van der Waals surface area contributed by atoms with Crippen molar-refractivity contribution in [2.75, 3.05) is 19.6 Å². The van der Waals surface area contributed by atoms with E-state index in [0.717, 1.165) is 47.4 Å². The van der Waals surface area contributed by atoms with Crippen molar-refractivity contribution < 1.29 is 9.53 Å². The van der Waals surface area contributed by atoms with Gasteiger partial charge in [0.15, 0.2) is 5.78 Å². The number of fused-ring (bicyclic) bond motifs is 3. The van der Waals surface area contributed by atoms with Crippen LogP contribution >= 0.6 is 0 Å². The molecule has 25 heavy (non-hydrogen) atoms. The van der Waals surface area contributed by atoms with E-state index in [1.165, 1.54) is 0 Å². The third kappa shape index (κ3) is 3.00. The van der Waals surface area contributed by atoms with Gasteiger partial charge in [0.25, 0.3) is 0 Å². The summed E-state index contributed by atoms with van der Waals surface area (Å²) < 4.78 is 5.81. The summed E-state index contributed by atoms with van der Waals surface area (Å²) in [5.74, 6) is 0.0335. The molecule has 3 unspecified atom stereocenters. The molecule has 2 aromatic rings. The molecule has 0 N–H and O–H groups in total. The third-order valence-corrected chi connectivity index (χ3v) is 5.21. The summed E-state index contributed by atoms with van der Waals surface area (Å²) in [5, 5.41) is 2.18. The molecule has 2 aromatic carbocycles. The molecule has 3 atom stereocenters. The standard InChI is InChI=1S/C21H24N2O2/c1-13-10-23(11-14(2)25-13)12-19-15(3)22-20-17-7-5-4-6-16(17)8-9-18(20)21(19)24/h4-9,13-14,19H,10-12H2,1-3H3. The highest BCUT2D eigenvalue weighted by atomic mass is 16.5. The zero-order chi connectivity index (χ0) is 17.6. The second kappa shape index (κ2) is 6.36. The molecule has 0 aliphatic carbocycles. The molecule has 2 aliphatic rings. The Bertz CT molecular complexity index is 848. The smallest absolute Gasteiger partial charge is 0.175 e. The zero-order valence-corrected chi connectivity index (χ0v) is 15.0. The van der Waals surface area contributed by atoms with Crippen LogP contribution < -0.4 is 0 Å². The SMILES string of the molecule is CC1=Nc2c(ccc3ccccc23)C(=O)C1CN1CC(C)OC(C)C1. The number of rotatable bonds is 2. The minimum Gasteiger partial charge on any atom is -0.373 e. The fourth-order valence-corrected chi connectivity index (χ4v) is 4.11. The van der Waals surface area contributed by atoms with Crippen LogP contribution in [-0.2, 0) is 4.74 Å². The number of nitrogens with zero attached hydrogens (tertiary/aromatic N) is 2. The van der Waals surface area contributed by atoms with E-state index < -0.39 is 0 Å². The van der Waals surface area contributed by atoms with Crippen LogP contribution in [0.15, 0.2) is 41.4 Å². The fraction of sp³-hybridized carbons (Fsp3) is 0.429. The van der Waals surface area contributed by atoms with Crippen molar-refractivity contribution in [2.24, 2.45) is 10.9 Å². The first-order valence-corrected chi connectivity index (χ1v) is 9.02. The second-order valence-corrected chi connectivity index (χ2v) is 7.33. The summed E-state index contributed by atoms with van der Waals surface area (Å²) in [6.07, 6.45) is 0.409.